The highest BCUT2D eigenvalue weighted by Crippen LogP contribution is 2.35. The first-order chi connectivity index (χ1) is 10.9. The number of benzene rings is 1. The van der Waals surface area contributed by atoms with Gasteiger partial charge in [-0.3, -0.25) is 0 Å². The van der Waals surface area contributed by atoms with Crippen LogP contribution in [0.3, 0.4) is 0 Å². The van der Waals surface area contributed by atoms with Crippen molar-refractivity contribution in [1.29, 1.82) is 0 Å². The van der Waals surface area contributed by atoms with Gasteiger partial charge in [-0.15, -0.1) is 0 Å². The molecule has 2 aromatic heterocycles. The molecule has 0 radical (unpaired) electrons. The highest BCUT2D eigenvalue weighted by molar-refractivity contribution is 5.79. The van der Waals surface area contributed by atoms with E-state index >= 15 is 0 Å². The quantitative estimate of drug-likeness (QED) is 0.798. The molecule has 0 saturated carbocycles. The van der Waals surface area contributed by atoms with Gasteiger partial charge in [0.15, 0.2) is 0 Å². The van der Waals surface area contributed by atoms with E-state index in [-0.39, 0.29) is 5.92 Å². The fraction of sp³-hybridized carbons (Fsp3) is 0.333. The summed E-state index contributed by atoms with van der Waals surface area (Å²) in [5.41, 5.74) is 4.93. The number of rotatable bonds is 3. The number of phenols is 1. The Kier molecular flexibility index (Phi) is 3.72. The maximum Gasteiger partial charge on any atom is 0.134 e. The summed E-state index contributed by atoms with van der Waals surface area (Å²) in [5.74, 6) is 1.46. The van der Waals surface area contributed by atoms with Gasteiger partial charge in [0.2, 0.25) is 0 Å². The van der Waals surface area contributed by atoms with Crippen LogP contribution in [0.2, 0.25) is 0 Å². The van der Waals surface area contributed by atoms with Crippen LogP contribution in [0.1, 0.15) is 30.9 Å². The van der Waals surface area contributed by atoms with Gasteiger partial charge in [0, 0.05) is 25.8 Å². The third kappa shape index (κ3) is 2.63. The smallest absolute Gasteiger partial charge is 0.134 e. The first-order valence-electron chi connectivity index (χ1n) is 7.72. The Morgan fingerprint density at radius 2 is 1.91 bits per heavy atom. The second-order valence-corrected chi connectivity index (χ2v) is 6.30. The third-order valence-corrected chi connectivity index (χ3v) is 4.27. The molecular weight excluding hydrogens is 288 g/mol. The van der Waals surface area contributed by atoms with E-state index in [4.69, 9.17) is 0 Å². The van der Waals surface area contributed by atoms with Gasteiger partial charge in [0.05, 0.1) is 18.0 Å². The molecule has 0 bridgehead atoms. The number of hydrogen-bond donors (Lipinski definition) is 1. The Labute approximate surface area is 136 Å². The molecule has 1 N–H and O–H groups in total. The molecule has 2 heterocycles. The molecule has 0 aliphatic carbocycles. The zero-order valence-electron chi connectivity index (χ0n) is 14.2. The van der Waals surface area contributed by atoms with Crippen LogP contribution >= 0.6 is 0 Å². The van der Waals surface area contributed by atoms with E-state index in [0.717, 1.165) is 33.7 Å². The maximum atomic E-state index is 10.1. The normalized spacial score (nSPS) is 11.4. The van der Waals surface area contributed by atoms with Crippen molar-refractivity contribution in [3.8, 4) is 5.75 Å². The molecule has 0 atom stereocenters. The number of anilines is 2. The average molecular weight is 310 g/mol. The van der Waals surface area contributed by atoms with Crippen LogP contribution < -0.4 is 4.90 Å². The van der Waals surface area contributed by atoms with Crippen LogP contribution in [-0.4, -0.2) is 26.7 Å². The maximum absolute atomic E-state index is 10.1. The van der Waals surface area contributed by atoms with Crippen molar-refractivity contribution in [2.75, 3.05) is 11.9 Å². The van der Waals surface area contributed by atoms with Crippen molar-refractivity contribution in [2.45, 2.75) is 26.7 Å². The second-order valence-electron chi connectivity index (χ2n) is 6.30. The number of nitrogens with zero attached hydrogens (tertiary/aromatic N) is 4. The summed E-state index contributed by atoms with van der Waals surface area (Å²) in [6, 6.07) is 5.90. The van der Waals surface area contributed by atoms with Gasteiger partial charge in [-0.05, 0) is 36.1 Å². The highest BCUT2D eigenvalue weighted by Gasteiger charge is 2.15. The van der Waals surface area contributed by atoms with E-state index < -0.39 is 0 Å². The van der Waals surface area contributed by atoms with E-state index in [1.807, 2.05) is 48.7 Å². The first-order valence-corrected chi connectivity index (χ1v) is 7.72. The summed E-state index contributed by atoms with van der Waals surface area (Å²) in [6.45, 7) is 6.15. The molecular formula is C18H22N4O. The molecule has 5 heteroatoms. The lowest BCUT2D eigenvalue weighted by Gasteiger charge is -2.23. The number of pyridine rings is 1. The van der Waals surface area contributed by atoms with E-state index in [1.165, 1.54) is 0 Å². The van der Waals surface area contributed by atoms with Gasteiger partial charge in [-0.25, -0.2) is 9.97 Å². The minimum absolute atomic E-state index is 0.260. The highest BCUT2D eigenvalue weighted by atomic mass is 16.3. The Balaban J connectivity index is 2.09. The van der Waals surface area contributed by atoms with Crippen LogP contribution in [0.5, 0.6) is 5.75 Å². The first kappa shape index (κ1) is 15.3. The molecule has 0 unspecified atom stereocenters. The monoisotopic (exact) mass is 310 g/mol. The number of aromatic hydroxyl groups is 1. The van der Waals surface area contributed by atoms with Gasteiger partial charge in [-0.1, -0.05) is 13.8 Å². The van der Waals surface area contributed by atoms with Gasteiger partial charge in [-0.2, -0.15) is 0 Å². The minimum atomic E-state index is 0.260. The van der Waals surface area contributed by atoms with E-state index in [1.54, 1.807) is 12.5 Å². The van der Waals surface area contributed by atoms with E-state index in [9.17, 15) is 5.11 Å². The zero-order valence-corrected chi connectivity index (χ0v) is 14.2. The number of imidazole rings is 1. The van der Waals surface area contributed by atoms with Crippen LogP contribution in [0.4, 0.5) is 11.5 Å². The number of aryl methyl sites for hydroxylation is 2. The third-order valence-electron chi connectivity index (χ3n) is 4.27. The molecule has 1 aromatic carbocycles. The molecule has 5 nitrogen and oxygen atoms in total. The van der Waals surface area contributed by atoms with Crippen molar-refractivity contribution in [3.05, 3.63) is 41.9 Å². The van der Waals surface area contributed by atoms with Crippen molar-refractivity contribution in [1.82, 2.24) is 14.5 Å². The molecule has 0 fully saturated rings. The van der Waals surface area contributed by atoms with Crippen molar-refractivity contribution < 1.29 is 5.11 Å². The SMILES string of the molecule is Cc1cc(O)c(C(C)C)cc1N(C)c1cc2c(cn1)ncn2C. The lowest BCUT2D eigenvalue weighted by atomic mass is 9.99. The molecule has 0 aliphatic heterocycles. The number of phenolic OH excluding ortho intramolecular Hbond substituents is 1. The van der Waals surface area contributed by atoms with Crippen molar-refractivity contribution in [3.63, 3.8) is 0 Å². The lowest BCUT2D eigenvalue weighted by Crippen LogP contribution is -2.13. The Hall–Kier alpha value is -2.56. The summed E-state index contributed by atoms with van der Waals surface area (Å²) >= 11 is 0. The number of aromatic nitrogens is 3. The molecule has 0 amide bonds. The molecule has 3 rings (SSSR count). The Bertz CT molecular complexity index is 867. The standard InChI is InChI=1S/C18H22N4O/c1-11(2)13-7-15(12(3)6-17(13)23)22(5)18-8-16-14(9-19-18)20-10-21(16)4/h6-11,23H,1-5H3. The Morgan fingerprint density at radius 1 is 1.17 bits per heavy atom. The van der Waals surface area contributed by atoms with Crippen LogP contribution in [0.25, 0.3) is 11.0 Å². The summed E-state index contributed by atoms with van der Waals surface area (Å²) in [5, 5.41) is 10.1. The summed E-state index contributed by atoms with van der Waals surface area (Å²) in [7, 11) is 3.97. The number of fused-ring (bicyclic) bond motifs is 1. The molecule has 0 saturated heterocycles. The van der Waals surface area contributed by atoms with Gasteiger partial charge < -0.3 is 14.6 Å². The second kappa shape index (κ2) is 5.57. The van der Waals surface area contributed by atoms with Gasteiger partial charge in [0.25, 0.3) is 0 Å². The minimum Gasteiger partial charge on any atom is -0.508 e. The molecule has 0 spiro atoms. The fourth-order valence-electron chi connectivity index (χ4n) is 2.85. The van der Waals surface area contributed by atoms with Crippen LogP contribution in [-0.2, 0) is 7.05 Å². The van der Waals surface area contributed by atoms with E-state index in [2.05, 4.69) is 23.8 Å². The van der Waals surface area contributed by atoms with E-state index in [0.29, 0.717) is 5.75 Å². The topological polar surface area (TPSA) is 54.2 Å². The van der Waals surface area contributed by atoms with Crippen molar-refractivity contribution in [2.24, 2.45) is 7.05 Å². The molecule has 3 aromatic rings. The summed E-state index contributed by atoms with van der Waals surface area (Å²) in [4.78, 5) is 10.9. The molecule has 0 aliphatic rings. The average Bonchev–Trinajstić information content (AvgIpc) is 2.87. The van der Waals surface area contributed by atoms with Crippen molar-refractivity contribution >= 4 is 22.5 Å². The van der Waals surface area contributed by atoms with Gasteiger partial charge in [0.1, 0.15) is 17.1 Å². The van der Waals surface area contributed by atoms with Gasteiger partial charge >= 0.3 is 0 Å². The zero-order chi connectivity index (χ0) is 16.7. The summed E-state index contributed by atoms with van der Waals surface area (Å²) in [6.07, 6.45) is 3.58. The predicted octanol–water partition coefficient (Wildman–Crippen LogP) is 3.87. The molecule has 120 valence electrons. The summed E-state index contributed by atoms with van der Waals surface area (Å²) < 4.78 is 1.98. The largest absolute Gasteiger partial charge is 0.508 e. The van der Waals surface area contributed by atoms with Crippen LogP contribution in [0.15, 0.2) is 30.7 Å². The lowest BCUT2D eigenvalue weighted by molar-refractivity contribution is 0.464. The Morgan fingerprint density at radius 3 is 2.61 bits per heavy atom. The molecule has 23 heavy (non-hydrogen) atoms. The predicted molar refractivity (Wildman–Crippen MR) is 93.5 cm³/mol. The van der Waals surface area contributed by atoms with Crippen LogP contribution in [0, 0.1) is 6.92 Å². The number of hydrogen-bond acceptors (Lipinski definition) is 4. The fourth-order valence-corrected chi connectivity index (χ4v) is 2.85.